The highest BCUT2D eigenvalue weighted by Crippen LogP contribution is 2.28. The molecule has 34 heavy (non-hydrogen) atoms. The number of halogens is 1. The Morgan fingerprint density at radius 1 is 0.971 bits per heavy atom. The molecule has 1 amide bonds. The number of amides is 1. The average Bonchev–Trinajstić information content (AvgIpc) is 2.84. The van der Waals surface area contributed by atoms with Gasteiger partial charge in [0, 0.05) is 15.6 Å². The molecule has 0 atom stereocenters. The monoisotopic (exact) mass is 526 g/mol. The number of hydrogen-bond donors (Lipinski definition) is 2. The van der Waals surface area contributed by atoms with Crippen molar-refractivity contribution < 1.29 is 28.9 Å². The number of nitrogens with one attached hydrogen (secondary N) is 1. The lowest BCUT2D eigenvalue weighted by Gasteiger charge is -2.11. The van der Waals surface area contributed by atoms with Crippen LogP contribution in [-0.4, -0.2) is 36.9 Å². The Balaban J connectivity index is 1.68. The van der Waals surface area contributed by atoms with Gasteiger partial charge < -0.3 is 19.3 Å². The third-order valence-electron chi connectivity index (χ3n) is 4.66. The molecule has 0 unspecified atom stereocenters. The lowest BCUT2D eigenvalue weighted by atomic mass is 10.1. The molecule has 8 nitrogen and oxygen atoms in total. The fraction of sp³-hybridized carbons (Fsp3) is 0.160. The van der Waals surface area contributed by atoms with Crippen LogP contribution in [-0.2, 0) is 6.61 Å². The highest BCUT2D eigenvalue weighted by atomic mass is 79.9. The number of carbonyl (C=O) groups excluding carboxylic acids is 1. The van der Waals surface area contributed by atoms with Gasteiger partial charge in [0.25, 0.3) is 5.91 Å². The van der Waals surface area contributed by atoms with Gasteiger partial charge in [-0.1, -0.05) is 28.1 Å². The Morgan fingerprint density at radius 2 is 1.68 bits per heavy atom. The van der Waals surface area contributed by atoms with E-state index in [2.05, 4.69) is 26.5 Å². The van der Waals surface area contributed by atoms with E-state index in [1.54, 1.807) is 42.5 Å². The first kappa shape index (κ1) is 24.8. The van der Waals surface area contributed by atoms with E-state index in [1.807, 2.05) is 13.0 Å². The topological polar surface area (TPSA) is 106 Å². The minimum absolute atomic E-state index is 0.209. The number of aromatic carboxylic acids is 1. The summed E-state index contributed by atoms with van der Waals surface area (Å²) in [6.45, 7) is 2.52. The lowest BCUT2D eigenvalue weighted by molar-refractivity contribution is 0.0696. The Hall–Kier alpha value is -3.85. The van der Waals surface area contributed by atoms with E-state index in [1.165, 1.54) is 25.5 Å². The molecule has 0 aliphatic heterocycles. The van der Waals surface area contributed by atoms with Crippen LogP contribution in [0, 0.1) is 0 Å². The summed E-state index contributed by atoms with van der Waals surface area (Å²) in [6.07, 6.45) is 1.48. The van der Waals surface area contributed by atoms with Crippen LogP contribution in [0.1, 0.15) is 38.8 Å². The molecule has 0 aromatic heterocycles. The minimum atomic E-state index is -0.982. The van der Waals surface area contributed by atoms with Crippen molar-refractivity contribution in [1.82, 2.24) is 5.43 Å². The van der Waals surface area contributed by atoms with Crippen LogP contribution in [0.4, 0.5) is 0 Å². The maximum Gasteiger partial charge on any atom is 0.335 e. The molecule has 176 valence electrons. The van der Waals surface area contributed by atoms with Gasteiger partial charge in [0.1, 0.15) is 12.4 Å². The molecular formula is C25H23BrN2O6. The van der Waals surface area contributed by atoms with E-state index in [9.17, 15) is 9.59 Å². The van der Waals surface area contributed by atoms with Crippen molar-refractivity contribution in [2.75, 3.05) is 13.7 Å². The van der Waals surface area contributed by atoms with Crippen molar-refractivity contribution in [3.05, 3.63) is 87.4 Å². The van der Waals surface area contributed by atoms with E-state index in [4.69, 9.17) is 19.3 Å². The van der Waals surface area contributed by atoms with Crippen LogP contribution in [0.2, 0.25) is 0 Å². The second-order valence-corrected chi connectivity index (χ2v) is 7.89. The molecule has 3 aromatic rings. The van der Waals surface area contributed by atoms with E-state index in [0.29, 0.717) is 35.0 Å². The second kappa shape index (κ2) is 11.9. The Morgan fingerprint density at radius 3 is 2.35 bits per heavy atom. The summed E-state index contributed by atoms with van der Waals surface area (Å²) in [5.41, 5.74) is 4.53. The average molecular weight is 527 g/mol. The van der Waals surface area contributed by atoms with Crippen LogP contribution in [0.5, 0.6) is 17.2 Å². The van der Waals surface area contributed by atoms with Gasteiger partial charge in [-0.05, 0) is 61.0 Å². The maximum absolute atomic E-state index is 12.5. The molecule has 0 aliphatic rings. The number of carboxylic acids is 1. The van der Waals surface area contributed by atoms with Crippen molar-refractivity contribution in [2.45, 2.75) is 13.5 Å². The minimum Gasteiger partial charge on any atom is -0.493 e. The first-order valence-electron chi connectivity index (χ1n) is 10.3. The van der Waals surface area contributed by atoms with E-state index < -0.39 is 11.9 Å². The van der Waals surface area contributed by atoms with Gasteiger partial charge in [0.2, 0.25) is 0 Å². The van der Waals surface area contributed by atoms with Gasteiger partial charge in [-0.15, -0.1) is 0 Å². The first-order chi connectivity index (χ1) is 16.4. The predicted molar refractivity (Wildman–Crippen MR) is 131 cm³/mol. The molecule has 3 rings (SSSR count). The third-order valence-corrected chi connectivity index (χ3v) is 5.16. The molecule has 0 fully saturated rings. The molecular weight excluding hydrogens is 504 g/mol. The smallest absolute Gasteiger partial charge is 0.335 e. The fourth-order valence-corrected chi connectivity index (χ4v) is 3.35. The quantitative estimate of drug-likeness (QED) is 0.287. The van der Waals surface area contributed by atoms with Crippen molar-refractivity contribution in [2.24, 2.45) is 5.10 Å². The zero-order valence-electron chi connectivity index (χ0n) is 18.6. The molecule has 3 aromatic carbocycles. The number of benzene rings is 3. The number of nitrogens with zero attached hydrogens (tertiary/aromatic N) is 1. The molecule has 0 saturated heterocycles. The molecule has 0 heterocycles. The Labute approximate surface area is 205 Å². The standard InChI is InChI=1S/C25H23BrN2O6/c1-3-33-23-13-18(8-10-22(23)32-2)24(29)28-27-14-19-12-20(26)9-11-21(19)34-15-16-4-6-17(7-5-16)25(30)31/h4-14H,3,15H2,1-2H3,(H,28,29)(H,30,31)/b27-14+. The van der Waals surface area contributed by atoms with Gasteiger partial charge >= 0.3 is 5.97 Å². The number of carboxylic acid groups (broad SMARTS) is 1. The largest absolute Gasteiger partial charge is 0.493 e. The summed E-state index contributed by atoms with van der Waals surface area (Å²) in [5.74, 6) is 0.170. The number of ether oxygens (including phenoxy) is 3. The Kier molecular flexibility index (Phi) is 8.64. The molecule has 9 heteroatoms. The first-order valence-corrected chi connectivity index (χ1v) is 11.1. The maximum atomic E-state index is 12.5. The van der Waals surface area contributed by atoms with Crippen molar-refractivity contribution >= 4 is 34.0 Å². The molecule has 2 N–H and O–H groups in total. The second-order valence-electron chi connectivity index (χ2n) is 6.97. The molecule has 0 radical (unpaired) electrons. The van der Waals surface area contributed by atoms with Gasteiger partial charge in [-0.3, -0.25) is 4.79 Å². The van der Waals surface area contributed by atoms with E-state index >= 15 is 0 Å². The summed E-state index contributed by atoms with van der Waals surface area (Å²) in [4.78, 5) is 23.5. The number of rotatable bonds is 10. The van der Waals surface area contributed by atoms with Gasteiger partial charge in [-0.2, -0.15) is 5.10 Å². The number of hydrazone groups is 1. The van der Waals surface area contributed by atoms with Crippen LogP contribution in [0.25, 0.3) is 0 Å². The number of methoxy groups -OCH3 is 1. The summed E-state index contributed by atoms with van der Waals surface area (Å²) in [6, 6.07) is 16.7. The van der Waals surface area contributed by atoms with E-state index in [-0.39, 0.29) is 12.2 Å². The van der Waals surface area contributed by atoms with Gasteiger partial charge in [-0.25, -0.2) is 10.2 Å². The van der Waals surface area contributed by atoms with Gasteiger partial charge in [0.05, 0.1) is 25.5 Å². The summed E-state index contributed by atoms with van der Waals surface area (Å²) < 4.78 is 17.4. The zero-order chi connectivity index (χ0) is 24.5. The molecule has 0 aliphatic carbocycles. The predicted octanol–water partition coefficient (Wildman–Crippen LogP) is 4.90. The molecule has 0 saturated carbocycles. The van der Waals surface area contributed by atoms with Gasteiger partial charge in [0.15, 0.2) is 11.5 Å². The van der Waals surface area contributed by atoms with Crippen molar-refractivity contribution in [1.29, 1.82) is 0 Å². The van der Waals surface area contributed by atoms with Crippen LogP contribution in [0.15, 0.2) is 70.2 Å². The normalized spacial score (nSPS) is 10.7. The number of carbonyl (C=O) groups is 2. The molecule has 0 spiro atoms. The number of hydrogen-bond acceptors (Lipinski definition) is 6. The fourth-order valence-electron chi connectivity index (χ4n) is 2.97. The highest BCUT2D eigenvalue weighted by Gasteiger charge is 2.11. The van der Waals surface area contributed by atoms with E-state index in [0.717, 1.165) is 10.0 Å². The zero-order valence-corrected chi connectivity index (χ0v) is 20.2. The van der Waals surface area contributed by atoms with Crippen molar-refractivity contribution in [3.8, 4) is 17.2 Å². The summed E-state index contributed by atoms with van der Waals surface area (Å²) in [7, 11) is 1.53. The lowest BCUT2D eigenvalue weighted by Crippen LogP contribution is -2.17. The van der Waals surface area contributed by atoms with Crippen LogP contribution in [0.3, 0.4) is 0 Å². The summed E-state index contributed by atoms with van der Waals surface area (Å²) in [5, 5.41) is 13.1. The van der Waals surface area contributed by atoms with Crippen molar-refractivity contribution in [3.63, 3.8) is 0 Å². The van der Waals surface area contributed by atoms with Crippen LogP contribution >= 0.6 is 15.9 Å². The van der Waals surface area contributed by atoms with Crippen LogP contribution < -0.4 is 19.6 Å². The summed E-state index contributed by atoms with van der Waals surface area (Å²) >= 11 is 3.42. The highest BCUT2D eigenvalue weighted by molar-refractivity contribution is 9.10. The Bertz CT molecular complexity index is 1190. The SMILES string of the molecule is CCOc1cc(C(=O)N/N=C/c2cc(Br)ccc2OCc2ccc(C(=O)O)cc2)ccc1OC. The third kappa shape index (κ3) is 6.58. The molecule has 0 bridgehead atoms.